The number of aliphatic carboxylic acids is 1. The highest BCUT2D eigenvalue weighted by molar-refractivity contribution is 5.83. The fourth-order valence-corrected chi connectivity index (χ4v) is 2.19. The summed E-state index contributed by atoms with van der Waals surface area (Å²) in [5, 5.41) is 13.0. The molecule has 0 spiro atoms. The molecular weight excluding hydrogens is 306 g/mol. The molecule has 0 bridgehead atoms. The number of carbonyl (C=O) groups is 2. The Kier molecular flexibility index (Phi) is 6.04. The standard InChI is InChI=1S/C19H29NO4/c1-12(17(22)23)20-16(21)11-24-15-9-8-13(18(2,3)4)10-14(15)19(5,6)7/h8-10,12H,11H2,1-7H3,(H,20,21)(H,22,23)/p-1/t12-/m1/s1. The minimum Gasteiger partial charge on any atom is -0.548 e. The number of carboxylic acid groups (broad SMARTS) is 1. The number of rotatable bonds is 5. The Morgan fingerprint density at radius 2 is 1.71 bits per heavy atom. The summed E-state index contributed by atoms with van der Waals surface area (Å²) in [7, 11) is 0. The predicted molar refractivity (Wildman–Crippen MR) is 91.9 cm³/mol. The highest BCUT2D eigenvalue weighted by atomic mass is 16.5. The van der Waals surface area contributed by atoms with Gasteiger partial charge >= 0.3 is 0 Å². The molecule has 0 aliphatic heterocycles. The Morgan fingerprint density at radius 3 is 2.17 bits per heavy atom. The summed E-state index contributed by atoms with van der Waals surface area (Å²) in [4.78, 5) is 22.5. The Morgan fingerprint density at radius 1 is 1.12 bits per heavy atom. The molecule has 5 nitrogen and oxygen atoms in total. The van der Waals surface area contributed by atoms with E-state index in [9.17, 15) is 14.7 Å². The van der Waals surface area contributed by atoms with Gasteiger partial charge in [-0.05, 0) is 34.9 Å². The van der Waals surface area contributed by atoms with E-state index in [0.717, 1.165) is 5.56 Å². The molecule has 1 N–H and O–H groups in total. The smallest absolute Gasteiger partial charge is 0.258 e. The van der Waals surface area contributed by atoms with Gasteiger partial charge in [0.15, 0.2) is 6.61 Å². The van der Waals surface area contributed by atoms with Gasteiger partial charge in [-0.1, -0.05) is 53.7 Å². The fourth-order valence-electron chi connectivity index (χ4n) is 2.19. The van der Waals surface area contributed by atoms with Crippen LogP contribution >= 0.6 is 0 Å². The van der Waals surface area contributed by atoms with Crippen molar-refractivity contribution in [3.05, 3.63) is 29.3 Å². The van der Waals surface area contributed by atoms with Crippen LogP contribution in [0.5, 0.6) is 5.75 Å². The molecule has 0 unspecified atom stereocenters. The predicted octanol–water partition coefficient (Wildman–Crippen LogP) is 1.91. The highest BCUT2D eigenvalue weighted by Crippen LogP contribution is 2.35. The van der Waals surface area contributed by atoms with Crippen LogP contribution < -0.4 is 15.2 Å². The van der Waals surface area contributed by atoms with Crippen LogP contribution in [0.1, 0.15) is 59.6 Å². The highest BCUT2D eigenvalue weighted by Gasteiger charge is 2.23. The Hall–Kier alpha value is -2.04. The number of carbonyl (C=O) groups excluding carboxylic acids is 2. The maximum Gasteiger partial charge on any atom is 0.258 e. The van der Waals surface area contributed by atoms with E-state index in [-0.39, 0.29) is 17.4 Å². The molecule has 0 aliphatic carbocycles. The Labute approximate surface area is 144 Å². The Bertz CT molecular complexity index is 609. The molecule has 0 saturated heterocycles. The zero-order valence-corrected chi connectivity index (χ0v) is 15.6. The second kappa shape index (κ2) is 7.24. The molecular formula is C19H28NO4-. The van der Waals surface area contributed by atoms with Gasteiger partial charge in [-0.15, -0.1) is 0 Å². The van der Waals surface area contributed by atoms with E-state index >= 15 is 0 Å². The molecule has 1 atom stereocenters. The molecule has 24 heavy (non-hydrogen) atoms. The molecule has 1 aromatic rings. The molecule has 0 radical (unpaired) electrons. The summed E-state index contributed by atoms with van der Waals surface area (Å²) in [6.45, 7) is 13.8. The number of hydrogen-bond donors (Lipinski definition) is 1. The molecule has 0 aliphatic rings. The summed E-state index contributed by atoms with van der Waals surface area (Å²) in [6, 6.07) is 4.92. The monoisotopic (exact) mass is 334 g/mol. The first-order valence-electron chi connectivity index (χ1n) is 8.10. The summed E-state index contributed by atoms with van der Waals surface area (Å²) in [5.74, 6) is -1.19. The lowest BCUT2D eigenvalue weighted by Crippen LogP contribution is -2.47. The second-order valence-electron chi connectivity index (χ2n) is 8.11. The van der Waals surface area contributed by atoms with Crippen LogP contribution in [0.15, 0.2) is 18.2 Å². The van der Waals surface area contributed by atoms with Crippen molar-refractivity contribution in [3.63, 3.8) is 0 Å². The average molecular weight is 334 g/mol. The summed E-state index contributed by atoms with van der Waals surface area (Å²) >= 11 is 0. The fraction of sp³-hybridized carbons (Fsp3) is 0.579. The van der Waals surface area contributed by atoms with Crippen molar-refractivity contribution in [2.45, 2.75) is 65.3 Å². The molecule has 5 heteroatoms. The van der Waals surface area contributed by atoms with Gasteiger partial charge in [0.2, 0.25) is 0 Å². The molecule has 1 amide bonds. The van der Waals surface area contributed by atoms with Crippen LogP contribution in [0.4, 0.5) is 0 Å². The van der Waals surface area contributed by atoms with E-state index < -0.39 is 17.9 Å². The van der Waals surface area contributed by atoms with Crippen LogP contribution in [0.2, 0.25) is 0 Å². The molecule has 134 valence electrons. The third-order valence-corrected chi connectivity index (χ3v) is 3.74. The van der Waals surface area contributed by atoms with Gasteiger partial charge in [-0.2, -0.15) is 0 Å². The van der Waals surface area contributed by atoms with Crippen molar-refractivity contribution in [1.29, 1.82) is 0 Å². The topological polar surface area (TPSA) is 78.5 Å². The first-order valence-corrected chi connectivity index (χ1v) is 8.10. The quantitative estimate of drug-likeness (QED) is 0.892. The average Bonchev–Trinajstić information content (AvgIpc) is 2.42. The number of carboxylic acids is 1. The lowest BCUT2D eigenvalue weighted by atomic mass is 9.80. The Balaban J connectivity index is 2.96. The first kappa shape index (κ1) is 20.0. The molecule has 1 aromatic carbocycles. The van der Waals surface area contributed by atoms with E-state index in [0.29, 0.717) is 5.75 Å². The van der Waals surface area contributed by atoms with Gasteiger partial charge in [0.1, 0.15) is 5.75 Å². The molecule has 0 aromatic heterocycles. The van der Waals surface area contributed by atoms with Crippen molar-refractivity contribution in [2.24, 2.45) is 0 Å². The third-order valence-electron chi connectivity index (χ3n) is 3.74. The van der Waals surface area contributed by atoms with Crippen molar-refractivity contribution in [1.82, 2.24) is 5.32 Å². The second-order valence-corrected chi connectivity index (χ2v) is 8.11. The van der Waals surface area contributed by atoms with E-state index in [2.05, 4.69) is 52.9 Å². The number of benzene rings is 1. The zero-order valence-electron chi connectivity index (χ0n) is 15.6. The first-order chi connectivity index (χ1) is 10.8. The number of nitrogens with one attached hydrogen (secondary N) is 1. The van der Waals surface area contributed by atoms with E-state index in [1.807, 2.05) is 12.1 Å². The third kappa shape index (κ3) is 5.55. The SMILES string of the molecule is C[C@@H](NC(=O)COc1ccc(C(C)(C)C)cc1C(C)(C)C)C(=O)[O-]. The largest absolute Gasteiger partial charge is 0.548 e. The van der Waals surface area contributed by atoms with Gasteiger partial charge in [0, 0.05) is 0 Å². The lowest BCUT2D eigenvalue weighted by Gasteiger charge is -2.27. The van der Waals surface area contributed by atoms with Crippen molar-refractivity contribution < 1.29 is 19.4 Å². The van der Waals surface area contributed by atoms with Gasteiger partial charge in [-0.3, -0.25) is 4.79 Å². The van der Waals surface area contributed by atoms with Gasteiger partial charge in [0.25, 0.3) is 5.91 Å². The molecule has 0 saturated carbocycles. The minimum absolute atomic E-state index is 0.0137. The van der Waals surface area contributed by atoms with Crippen LogP contribution in [0.3, 0.4) is 0 Å². The van der Waals surface area contributed by atoms with Crippen molar-refractivity contribution in [2.75, 3.05) is 6.61 Å². The number of hydrogen-bond acceptors (Lipinski definition) is 4. The van der Waals surface area contributed by atoms with Crippen LogP contribution in [0.25, 0.3) is 0 Å². The van der Waals surface area contributed by atoms with Crippen molar-refractivity contribution in [3.8, 4) is 5.75 Å². The van der Waals surface area contributed by atoms with Gasteiger partial charge in [-0.25, -0.2) is 0 Å². The normalized spacial score (nSPS) is 13.3. The maximum absolute atomic E-state index is 11.8. The van der Waals surface area contributed by atoms with Crippen LogP contribution in [0, 0.1) is 0 Å². The van der Waals surface area contributed by atoms with Gasteiger partial charge in [0.05, 0.1) is 12.0 Å². The van der Waals surface area contributed by atoms with Crippen LogP contribution in [-0.4, -0.2) is 24.5 Å². The maximum atomic E-state index is 11.8. The van der Waals surface area contributed by atoms with E-state index in [1.165, 1.54) is 12.5 Å². The summed E-state index contributed by atoms with van der Waals surface area (Å²) in [6.07, 6.45) is 0. The van der Waals surface area contributed by atoms with Crippen LogP contribution in [-0.2, 0) is 20.4 Å². The molecule has 0 heterocycles. The van der Waals surface area contributed by atoms with E-state index in [4.69, 9.17) is 4.74 Å². The van der Waals surface area contributed by atoms with Crippen molar-refractivity contribution >= 4 is 11.9 Å². The molecule has 0 fully saturated rings. The van der Waals surface area contributed by atoms with E-state index in [1.54, 1.807) is 0 Å². The van der Waals surface area contributed by atoms with Gasteiger partial charge < -0.3 is 20.0 Å². The summed E-state index contributed by atoms with van der Waals surface area (Å²) in [5.41, 5.74) is 2.07. The summed E-state index contributed by atoms with van der Waals surface area (Å²) < 4.78 is 5.65. The number of ether oxygens (including phenoxy) is 1. The lowest BCUT2D eigenvalue weighted by molar-refractivity contribution is -0.307. The zero-order chi connectivity index (χ0) is 18.7. The minimum atomic E-state index is -1.33. The molecule has 1 rings (SSSR count). The number of amides is 1.